The summed E-state index contributed by atoms with van der Waals surface area (Å²) in [6.07, 6.45) is -5.77. The van der Waals surface area contributed by atoms with Crippen LogP contribution in [0.1, 0.15) is 17.2 Å². The number of hydrogen-bond donors (Lipinski definition) is 1. The van der Waals surface area contributed by atoms with Crippen molar-refractivity contribution in [3.8, 4) is 11.5 Å². The number of benzene rings is 1. The molecule has 0 aliphatic heterocycles. The Morgan fingerprint density at radius 2 is 1.40 bits per heavy atom. The molecule has 1 aromatic rings. The van der Waals surface area contributed by atoms with E-state index in [1.807, 2.05) is 0 Å². The maximum atomic E-state index is 13.4. The van der Waals surface area contributed by atoms with E-state index in [0.717, 1.165) is 14.2 Å². The molecule has 0 bridgehead atoms. The van der Waals surface area contributed by atoms with E-state index in [1.165, 1.54) is 12.1 Å². The van der Waals surface area contributed by atoms with Gasteiger partial charge in [0.1, 0.15) is 17.5 Å². The monoisotopic (exact) mass is 299 g/mol. The van der Waals surface area contributed by atoms with Crippen molar-refractivity contribution in [2.24, 2.45) is 5.73 Å². The normalized spacial score (nSPS) is 14.1. The summed E-state index contributed by atoms with van der Waals surface area (Å²) in [6.45, 7) is 1.61. The number of halogens is 5. The molecule has 1 aromatic carbocycles. The topological polar surface area (TPSA) is 44.5 Å². The number of nitrogens with two attached hydrogens (primary N) is 1. The summed E-state index contributed by atoms with van der Waals surface area (Å²) in [5.74, 6) is -5.47. The van der Waals surface area contributed by atoms with Crippen LogP contribution in [-0.4, -0.2) is 26.3 Å². The highest BCUT2D eigenvalue weighted by atomic mass is 19.4. The first kappa shape index (κ1) is 16.5. The first-order valence-corrected chi connectivity index (χ1v) is 5.49. The zero-order chi connectivity index (χ0) is 15.7. The van der Waals surface area contributed by atoms with Crippen molar-refractivity contribution in [2.45, 2.75) is 25.1 Å². The van der Waals surface area contributed by atoms with E-state index in [4.69, 9.17) is 15.2 Å². The number of alkyl halides is 5. The van der Waals surface area contributed by atoms with Gasteiger partial charge >= 0.3 is 12.1 Å². The molecule has 0 heterocycles. The van der Waals surface area contributed by atoms with Crippen molar-refractivity contribution in [3.63, 3.8) is 0 Å². The second-order valence-electron chi connectivity index (χ2n) is 4.18. The second-order valence-corrected chi connectivity index (χ2v) is 4.18. The molecule has 3 nitrogen and oxygen atoms in total. The summed E-state index contributed by atoms with van der Waals surface area (Å²) < 4.78 is 73.7. The van der Waals surface area contributed by atoms with Gasteiger partial charge < -0.3 is 15.2 Å². The van der Waals surface area contributed by atoms with Crippen LogP contribution in [0.2, 0.25) is 0 Å². The summed E-state index contributed by atoms with van der Waals surface area (Å²) in [5, 5.41) is 0. The van der Waals surface area contributed by atoms with Gasteiger partial charge in [0.25, 0.3) is 0 Å². The molecule has 1 rings (SSSR count). The van der Waals surface area contributed by atoms with E-state index in [-0.39, 0.29) is 11.5 Å². The van der Waals surface area contributed by atoms with Crippen LogP contribution < -0.4 is 15.2 Å². The van der Waals surface area contributed by atoms with Crippen LogP contribution in [-0.2, 0) is 0 Å². The van der Waals surface area contributed by atoms with Gasteiger partial charge in [0.2, 0.25) is 0 Å². The number of aryl methyl sites for hydroxylation is 1. The largest absolute Gasteiger partial charge is 0.496 e. The van der Waals surface area contributed by atoms with Gasteiger partial charge in [-0.25, -0.2) is 0 Å². The Balaban J connectivity index is 3.45. The van der Waals surface area contributed by atoms with E-state index in [2.05, 4.69) is 0 Å². The van der Waals surface area contributed by atoms with Crippen LogP contribution in [0.15, 0.2) is 12.1 Å². The minimum absolute atomic E-state index is 0.182. The quantitative estimate of drug-likeness (QED) is 0.868. The Bertz CT molecular complexity index is 462. The minimum Gasteiger partial charge on any atom is -0.496 e. The van der Waals surface area contributed by atoms with Gasteiger partial charge in [-0.2, -0.15) is 22.0 Å². The van der Waals surface area contributed by atoms with Gasteiger partial charge in [-0.05, 0) is 24.6 Å². The van der Waals surface area contributed by atoms with Crippen molar-refractivity contribution in [1.82, 2.24) is 0 Å². The van der Waals surface area contributed by atoms with Gasteiger partial charge in [-0.15, -0.1) is 0 Å². The number of rotatable bonds is 4. The average molecular weight is 299 g/mol. The standard InChI is InChI=1S/C12H14F5NO2/c1-6-4-7(19-2)9(8(5-6)20-3)10(18)11(13,14)12(15,16)17/h4-5,10H,18H2,1-3H3/t10-/m1/s1. The third-order valence-corrected chi connectivity index (χ3v) is 2.77. The molecule has 0 amide bonds. The molecule has 0 saturated heterocycles. The fraction of sp³-hybridized carbons (Fsp3) is 0.500. The molecular formula is C12H14F5NO2. The SMILES string of the molecule is COc1cc(C)cc(OC)c1[C@@H](N)C(F)(F)C(F)(F)F. The lowest BCUT2D eigenvalue weighted by atomic mass is 9.97. The smallest absolute Gasteiger partial charge is 0.455 e. The summed E-state index contributed by atoms with van der Waals surface area (Å²) in [6, 6.07) is -0.0121. The van der Waals surface area contributed by atoms with Gasteiger partial charge in [-0.1, -0.05) is 0 Å². The number of methoxy groups -OCH3 is 2. The molecule has 0 saturated carbocycles. The molecule has 0 aromatic heterocycles. The van der Waals surface area contributed by atoms with Gasteiger partial charge in [0, 0.05) is 0 Å². The highest BCUT2D eigenvalue weighted by Gasteiger charge is 2.62. The molecule has 0 aliphatic carbocycles. The zero-order valence-corrected chi connectivity index (χ0v) is 11.0. The van der Waals surface area contributed by atoms with E-state index >= 15 is 0 Å². The highest BCUT2D eigenvalue weighted by Crippen LogP contribution is 2.47. The molecule has 0 unspecified atom stereocenters. The van der Waals surface area contributed by atoms with Crippen LogP contribution in [0.3, 0.4) is 0 Å². The Morgan fingerprint density at radius 3 is 1.70 bits per heavy atom. The summed E-state index contributed by atoms with van der Waals surface area (Å²) >= 11 is 0. The van der Waals surface area contributed by atoms with Crippen molar-refractivity contribution in [1.29, 1.82) is 0 Å². The Morgan fingerprint density at radius 1 is 1.00 bits per heavy atom. The lowest BCUT2D eigenvalue weighted by Gasteiger charge is -2.28. The summed E-state index contributed by atoms with van der Waals surface area (Å²) in [7, 11) is 2.30. The first-order valence-electron chi connectivity index (χ1n) is 5.49. The lowest BCUT2D eigenvalue weighted by molar-refractivity contribution is -0.291. The van der Waals surface area contributed by atoms with E-state index < -0.39 is 23.7 Å². The van der Waals surface area contributed by atoms with Crippen LogP contribution >= 0.6 is 0 Å². The van der Waals surface area contributed by atoms with Crippen LogP contribution in [0, 0.1) is 6.92 Å². The highest BCUT2D eigenvalue weighted by molar-refractivity contribution is 5.50. The van der Waals surface area contributed by atoms with Gasteiger partial charge in [0.05, 0.1) is 19.8 Å². The van der Waals surface area contributed by atoms with Crippen molar-refractivity contribution in [3.05, 3.63) is 23.3 Å². The molecule has 0 fully saturated rings. The molecule has 2 N–H and O–H groups in total. The third-order valence-electron chi connectivity index (χ3n) is 2.77. The van der Waals surface area contributed by atoms with Gasteiger partial charge in [0.15, 0.2) is 0 Å². The Labute approximate surface area is 112 Å². The summed E-state index contributed by atoms with van der Waals surface area (Å²) in [4.78, 5) is 0. The zero-order valence-electron chi connectivity index (χ0n) is 11.0. The van der Waals surface area contributed by atoms with Crippen LogP contribution in [0.25, 0.3) is 0 Å². The molecule has 114 valence electrons. The fourth-order valence-corrected chi connectivity index (χ4v) is 1.73. The molecule has 0 aliphatic rings. The number of ether oxygens (including phenoxy) is 2. The lowest BCUT2D eigenvalue weighted by Crippen LogP contribution is -2.46. The predicted molar refractivity (Wildman–Crippen MR) is 62.2 cm³/mol. The minimum atomic E-state index is -5.77. The van der Waals surface area contributed by atoms with E-state index in [0.29, 0.717) is 5.56 Å². The maximum absolute atomic E-state index is 13.4. The number of hydrogen-bond acceptors (Lipinski definition) is 3. The molecule has 1 atom stereocenters. The van der Waals surface area contributed by atoms with Gasteiger partial charge in [-0.3, -0.25) is 0 Å². The van der Waals surface area contributed by atoms with Crippen molar-refractivity contribution < 1.29 is 31.4 Å². The van der Waals surface area contributed by atoms with E-state index in [1.54, 1.807) is 6.92 Å². The van der Waals surface area contributed by atoms with E-state index in [9.17, 15) is 22.0 Å². The fourth-order valence-electron chi connectivity index (χ4n) is 1.73. The maximum Gasteiger partial charge on any atom is 0.455 e. The van der Waals surface area contributed by atoms with Crippen LogP contribution in [0.4, 0.5) is 22.0 Å². The van der Waals surface area contributed by atoms with Crippen LogP contribution in [0.5, 0.6) is 11.5 Å². The molecule has 8 heteroatoms. The Hall–Kier alpha value is -1.57. The van der Waals surface area contributed by atoms with Crippen molar-refractivity contribution >= 4 is 0 Å². The third kappa shape index (κ3) is 2.79. The molecule has 20 heavy (non-hydrogen) atoms. The first-order chi connectivity index (χ1) is 9.06. The molecular weight excluding hydrogens is 285 g/mol. The van der Waals surface area contributed by atoms with Crippen molar-refractivity contribution in [2.75, 3.05) is 14.2 Å². The predicted octanol–water partition coefficient (Wildman–Crippen LogP) is 3.21. The Kier molecular flexibility index (Phi) is 4.48. The molecule has 0 radical (unpaired) electrons. The average Bonchev–Trinajstić information content (AvgIpc) is 2.35. The second kappa shape index (κ2) is 5.43. The molecule has 0 spiro atoms. The summed E-state index contributed by atoms with van der Waals surface area (Å²) in [5.41, 5.74) is 5.18.